The van der Waals surface area contributed by atoms with Gasteiger partial charge in [0.2, 0.25) is 0 Å². The van der Waals surface area contributed by atoms with Crippen LogP contribution in [0.25, 0.3) is 0 Å². The van der Waals surface area contributed by atoms with Crippen LogP contribution in [0.2, 0.25) is 0 Å². The molecule has 0 aromatic rings. The fourth-order valence-electron chi connectivity index (χ4n) is 0.183. The van der Waals surface area contributed by atoms with E-state index in [0.717, 1.165) is 0 Å². The van der Waals surface area contributed by atoms with Crippen LogP contribution in [-0.4, -0.2) is 36.3 Å². The van der Waals surface area contributed by atoms with E-state index in [4.69, 9.17) is 10.2 Å². The fraction of sp³-hybridized carbons (Fsp3) is 0.667. The van der Waals surface area contributed by atoms with Gasteiger partial charge in [0.15, 0.2) is 9.84 Å². The first-order chi connectivity index (χ1) is 3.85. The number of aliphatic hydroxyl groups is 1. The molecule has 0 heterocycles. The molecule has 5 nitrogen and oxygen atoms in total. The predicted octanol–water partition coefficient (Wildman–Crippen LogP) is -1.57. The second kappa shape index (κ2) is 2.32. The monoisotopic (exact) mass is 154 g/mol. The second-order valence-corrected chi connectivity index (χ2v) is 3.63. The molecule has 0 amide bonds. The Balaban J connectivity index is 4.43. The van der Waals surface area contributed by atoms with Crippen molar-refractivity contribution in [2.75, 3.05) is 6.26 Å². The van der Waals surface area contributed by atoms with Crippen LogP contribution in [0, 0.1) is 0 Å². The van der Waals surface area contributed by atoms with E-state index in [0.29, 0.717) is 6.26 Å². The third-order valence-electron chi connectivity index (χ3n) is 0.617. The first-order valence-electron chi connectivity index (χ1n) is 1.95. The number of aliphatic carboxylic acids is 1. The van der Waals surface area contributed by atoms with E-state index >= 15 is 0 Å². The summed E-state index contributed by atoms with van der Waals surface area (Å²) in [5.74, 6) is -1.75. The summed E-state index contributed by atoms with van der Waals surface area (Å²) in [6.45, 7) is 0. The molecule has 6 heteroatoms. The van der Waals surface area contributed by atoms with Crippen molar-refractivity contribution in [2.24, 2.45) is 0 Å². The predicted molar refractivity (Wildman–Crippen MR) is 28.5 cm³/mol. The highest BCUT2D eigenvalue weighted by Crippen LogP contribution is 1.92. The van der Waals surface area contributed by atoms with E-state index < -0.39 is 21.2 Å². The average molecular weight is 154 g/mol. The molecule has 1 unspecified atom stereocenters. The molecular weight excluding hydrogens is 148 g/mol. The molecule has 1 atom stereocenters. The number of aliphatic hydroxyl groups excluding tert-OH is 1. The van der Waals surface area contributed by atoms with E-state index in [9.17, 15) is 13.2 Å². The van der Waals surface area contributed by atoms with Crippen molar-refractivity contribution in [1.82, 2.24) is 0 Å². The van der Waals surface area contributed by atoms with Crippen molar-refractivity contribution >= 4 is 15.8 Å². The lowest BCUT2D eigenvalue weighted by Gasteiger charge is -1.99. The highest BCUT2D eigenvalue weighted by atomic mass is 32.2. The van der Waals surface area contributed by atoms with Crippen LogP contribution >= 0.6 is 0 Å². The Morgan fingerprint density at radius 1 is 1.56 bits per heavy atom. The minimum atomic E-state index is -3.85. The molecule has 0 rings (SSSR count). The summed E-state index contributed by atoms with van der Waals surface area (Å²) in [5.41, 5.74) is -2.29. The zero-order chi connectivity index (χ0) is 7.65. The van der Waals surface area contributed by atoms with Gasteiger partial charge in [-0.3, -0.25) is 0 Å². The van der Waals surface area contributed by atoms with Crippen molar-refractivity contribution < 1.29 is 23.4 Å². The number of carboxylic acids is 1. The number of sulfone groups is 1. The Morgan fingerprint density at radius 2 is 1.89 bits per heavy atom. The molecular formula is C3H6O5S. The highest BCUT2D eigenvalue weighted by molar-refractivity contribution is 7.91. The zero-order valence-corrected chi connectivity index (χ0v) is 5.42. The Bertz CT molecular complexity index is 202. The molecule has 0 aliphatic heterocycles. The molecule has 0 saturated carbocycles. The summed E-state index contributed by atoms with van der Waals surface area (Å²) in [5, 5.41) is 16.2. The molecule has 0 radical (unpaired) electrons. The van der Waals surface area contributed by atoms with Crippen molar-refractivity contribution in [2.45, 2.75) is 5.44 Å². The molecule has 0 fully saturated rings. The van der Waals surface area contributed by atoms with E-state index in [1.165, 1.54) is 0 Å². The van der Waals surface area contributed by atoms with Crippen LogP contribution in [0.4, 0.5) is 0 Å². The standard InChI is InChI=1S/C3H6O5S/c1-9(7,8)3(6)2(4)5/h3,6H,1H3,(H,4,5). The number of hydrogen-bond donors (Lipinski definition) is 2. The normalized spacial score (nSPS) is 14.9. The molecule has 0 saturated heterocycles. The Kier molecular flexibility index (Phi) is 2.16. The molecule has 2 N–H and O–H groups in total. The topological polar surface area (TPSA) is 91.7 Å². The van der Waals surface area contributed by atoms with Gasteiger partial charge in [-0.1, -0.05) is 0 Å². The van der Waals surface area contributed by atoms with Crippen molar-refractivity contribution in [3.8, 4) is 0 Å². The summed E-state index contributed by atoms with van der Waals surface area (Å²) in [4.78, 5) is 9.72. The van der Waals surface area contributed by atoms with Gasteiger partial charge >= 0.3 is 5.97 Å². The highest BCUT2D eigenvalue weighted by Gasteiger charge is 2.24. The van der Waals surface area contributed by atoms with Gasteiger partial charge in [-0.15, -0.1) is 0 Å². The van der Waals surface area contributed by atoms with Gasteiger partial charge in [-0.2, -0.15) is 0 Å². The van der Waals surface area contributed by atoms with E-state index in [1.807, 2.05) is 0 Å². The van der Waals surface area contributed by atoms with E-state index in [1.54, 1.807) is 0 Å². The molecule has 0 bridgehead atoms. The van der Waals surface area contributed by atoms with Crippen molar-refractivity contribution in [1.29, 1.82) is 0 Å². The van der Waals surface area contributed by atoms with Crippen molar-refractivity contribution in [3.63, 3.8) is 0 Å². The summed E-state index contributed by atoms with van der Waals surface area (Å²) < 4.78 is 20.3. The summed E-state index contributed by atoms with van der Waals surface area (Å²) >= 11 is 0. The lowest BCUT2D eigenvalue weighted by molar-refractivity contribution is -0.142. The van der Waals surface area contributed by atoms with Crippen LogP contribution in [0.1, 0.15) is 0 Å². The van der Waals surface area contributed by atoms with Gasteiger partial charge in [0.1, 0.15) is 0 Å². The van der Waals surface area contributed by atoms with Crippen LogP contribution in [0.15, 0.2) is 0 Å². The number of carbonyl (C=O) groups is 1. The van der Waals surface area contributed by atoms with E-state index in [-0.39, 0.29) is 0 Å². The van der Waals surface area contributed by atoms with Gasteiger partial charge in [-0.25, -0.2) is 13.2 Å². The number of carboxylic acid groups (broad SMARTS) is 1. The third-order valence-corrected chi connectivity index (χ3v) is 1.63. The molecule has 0 aromatic heterocycles. The Hall–Kier alpha value is -0.620. The molecule has 0 aromatic carbocycles. The summed E-state index contributed by atoms with van der Waals surface area (Å²) in [6.07, 6.45) is 0.645. The SMILES string of the molecule is CS(=O)(=O)C(O)C(=O)O. The summed E-state index contributed by atoms with van der Waals surface area (Å²) in [7, 11) is -3.85. The van der Waals surface area contributed by atoms with Crippen LogP contribution < -0.4 is 0 Å². The molecule has 54 valence electrons. The van der Waals surface area contributed by atoms with Gasteiger partial charge in [0, 0.05) is 6.26 Å². The maximum atomic E-state index is 10.1. The zero-order valence-electron chi connectivity index (χ0n) is 4.60. The minimum Gasteiger partial charge on any atom is -0.479 e. The fourth-order valence-corrected chi connectivity index (χ4v) is 0.549. The molecule has 0 aliphatic rings. The van der Waals surface area contributed by atoms with Crippen LogP contribution in [0.5, 0.6) is 0 Å². The quantitative estimate of drug-likeness (QED) is 0.501. The molecule has 9 heavy (non-hydrogen) atoms. The first-order valence-corrected chi connectivity index (χ1v) is 3.91. The van der Waals surface area contributed by atoms with Gasteiger partial charge in [-0.05, 0) is 0 Å². The Morgan fingerprint density at radius 3 is 1.89 bits per heavy atom. The van der Waals surface area contributed by atoms with E-state index in [2.05, 4.69) is 0 Å². The van der Waals surface area contributed by atoms with Gasteiger partial charge in [0.25, 0.3) is 5.44 Å². The number of hydrogen-bond acceptors (Lipinski definition) is 4. The lowest BCUT2D eigenvalue weighted by Crippen LogP contribution is -2.28. The Labute approximate surface area is 51.8 Å². The largest absolute Gasteiger partial charge is 0.479 e. The smallest absolute Gasteiger partial charge is 0.348 e. The number of rotatable bonds is 2. The lowest BCUT2D eigenvalue weighted by atomic mass is 10.7. The van der Waals surface area contributed by atoms with Crippen molar-refractivity contribution in [3.05, 3.63) is 0 Å². The second-order valence-electron chi connectivity index (χ2n) is 1.52. The minimum absolute atomic E-state index is 0.645. The maximum Gasteiger partial charge on any atom is 0.348 e. The van der Waals surface area contributed by atoms with Gasteiger partial charge < -0.3 is 10.2 Å². The maximum absolute atomic E-state index is 10.1. The molecule has 0 spiro atoms. The average Bonchev–Trinajstić information content (AvgIpc) is 1.62. The molecule has 0 aliphatic carbocycles. The van der Waals surface area contributed by atoms with Crippen LogP contribution in [-0.2, 0) is 14.6 Å². The summed E-state index contributed by atoms with van der Waals surface area (Å²) in [6, 6.07) is 0. The third kappa shape index (κ3) is 2.43. The van der Waals surface area contributed by atoms with Gasteiger partial charge in [0.05, 0.1) is 0 Å². The first kappa shape index (κ1) is 8.38. The van der Waals surface area contributed by atoms with Crippen LogP contribution in [0.3, 0.4) is 0 Å².